The molecule has 0 aliphatic heterocycles. The highest BCUT2D eigenvalue weighted by molar-refractivity contribution is 5.71. The highest BCUT2D eigenvalue weighted by Crippen LogP contribution is 2.09. The van der Waals surface area contributed by atoms with Gasteiger partial charge in [-0.3, -0.25) is 5.01 Å². The summed E-state index contributed by atoms with van der Waals surface area (Å²) in [7, 11) is 3.65. The fraction of sp³-hybridized carbons (Fsp3) is 0.800. The van der Waals surface area contributed by atoms with Crippen molar-refractivity contribution >= 4 is 12.2 Å². The van der Waals surface area contributed by atoms with Gasteiger partial charge in [0.15, 0.2) is 0 Å². The highest BCUT2D eigenvalue weighted by Gasteiger charge is 1.93. The summed E-state index contributed by atoms with van der Waals surface area (Å²) in [5, 5.41) is 15.6. The Bertz CT molecular complexity index is 421. The SMILES string of the molecule is CN(C)N=NN=CCCCCCCC/C=C\CCCCCCCNC(N)=O. The van der Waals surface area contributed by atoms with Crippen molar-refractivity contribution in [2.45, 2.75) is 83.5 Å². The molecule has 2 amide bonds. The van der Waals surface area contributed by atoms with Gasteiger partial charge in [0.1, 0.15) is 0 Å². The number of nitrogens with one attached hydrogen (secondary N) is 1. The number of allylic oxidation sites excluding steroid dienone is 2. The molecule has 156 valence electrons. The van der Waals surface area contributed by atoms with Gasteiger partial charge >= 0.3 is 6.03 Å². The highest BCUT2D eigenvalue weighted by atomic mass is 16.2. The molecule has 0 unspecified atom stereocenters. The lowest BCUT2D eigenvalue weighted by Gasteiger charge is -2.01. The maximum atomic E-state index is 10.5. The van der Waals surface area contributed by atoms with Crippen LogP contribution >= 0.6 is 0 Å². The summed E-state index contributed by atoms with van der Waals surface area (Å²) >= 11 is 0. The Balaban J connectivity index is 3.20. The average Bonchev–Trinajstić information content (AvgIpc) is 2.62. The van der Waals surface area contributed by atoms with Crippen LogP contribution in [0.15, 0.2) is 27.7 Å². The summed E-state index contributed by atoms with van der Waals surface area (Å²) in [5.41, 5.74) is 5.01. The third-order valence-corrected chi connectivity index (χ3v) is 4.07. The van der Waals surface area contributed by atoms with Crippen molar-refractivity contribution in [3.63, 3.8) is 0 Å². The second-order valence-electron chi connectivity index (χ2n) is 6.99. The van der Waals surface area contributed by atoms with Gasteiger partial charge in [0.25, 0.3) is 0 Å². The van der Waals surface area contributed by atoms with Crippen molar-refractivity contribution in [2.75, 3.05) is 20.6 Å². The smallest absolute Gasteiger partial charge is 0.312 e. The molecule has 0 aromatic heterocycles. The van der Waals surface area contributed by atoms with Gasteiger partial charge in [-0.2, -0.15) is 0 Å². The number of unbranched alkanes of at least 4 members (excludes halogenated alkanes) is 11. The van der Waals surface area contributed by atoms with Gasteiger partial charge < -0.3 is 11.1 Å². The van der Waals surface area contributed by atoms with E-state index >= 15 is 0 Å². The van der Waals surface area contributed by atoms with Crippen LogP contribution in [-0.2, 0) is 0 Å². The molecule has 0 saturated carbocycles. The van der Waals surface area contributed by atoms with Crippen molar-refractivity contribution in [1.29, 1.82) is 0 Å². The minimum absolute atomic E-state index is 0.422. The molecule has 3 N–H and O–H groups in total. The summed E-state index contributed by atoms with van der Waals surface area (Å²) in [6.45, 7) is 0.700. The zero-order chi connectivity index (χ0) is 20.0. The van der Waals surface area contributed by atoms with Crippen LogP contribution in [0.1, 0.15) is 83.5 Å². The Labute approximate surface area is 165 Å². The van der Waals surface area contributed by atoms with Crippen molar-refractivity contribution in [3.8, 4) is 0 Å². The number of primary amides is 1. The van der Waals surface area contributed by atoms with Gasteiger partial charge in [-0.25, -0.2) is 4.79 Å². The Morgan fingerprint density at radius 1 is 0.852 bits per heavy atom. The molecule has 0 atom stereocenters. The summed E-state index contributed by atoms with van der Waals surface area (Å²) in [6, 6.07) is -0.422. The number of nitrogens with two attached hydrogens (primary N) is 1. The number of carbonyl (C=O) groups is 1. The number of hydrogen-bond donors (Lipinski definition) is 2. The van der Waals surface area contributed by atoms with E-state index in [1.54, 1.807) is 5.01 Å². The third kappa shape index (κ3) is 24.1. The molecule has 0 aliphatic rings. The number of urea groups is 1. The maximum absolute atomic E-state index is 10.5. The molecular weight excluding hydrogens is 340 g/mol. The second kappa shape index (κ2) is 20.4. The molecule has 0 rings (SSSR count). The third-order valence-electron chi connectivity index (χ3n) is 4.07. The molecular formula is C20H40N6O. The first-order valence-corrected chi connectivity index (χ1v) is 10.4. The Morgan fingerprint density at radius 3 is 1.93 bits per heavy atom. The van der Waals surface area contributed by atoms with E-state index in [0.29, 0.717) is 6.54 Å². The second-order valence-corrected chi connectivity index (χ2v) is 6.99. The Kier molecular flexibility index (Phi) is 18.9. The van der Waals surface area contributed by atoms with Gasteiger partial charge in [0, 0.05) is 26.9 Å². The number of nitrogens with zero attached hydrogens (tertiary/aromatic N) is 4. The molecule has 0 fully saturated rings. The minimum Gasteiger partial charge on any atom is -0.352 e. The molecule has 0 aromatic rings. The zero-order valence-corrected chi connectivity index (χ0v) is 17.4. The van der Waals surface area contributed by atoms with Gasteiger partial charge in [-0.05, 0) is 50.2 Å². The monoisotopic (exact) mass is 380 g/mol. The summed E-state index contributed by atoms with van der Waals surface area (Å²) < 4.78 is 0. The molecule has 7 nitrogen and oxygen atoms in total. The quantitative estimate of drug-likeness (QED) is 0.112. The fourth-order valence-corrected chi connectivity index (χ4v) is 2.59. The molecule has 0 spiro atoms. The number of carbonyl (C=O) groups excluding carboxylic acids is 1. The van der Waals surface area contributed by atoms with E-state index in [4.69, 9.17) is 5.73 Å². The van der Waals surface area contributed by atoms with Crippen molar-refractivity contribution in [2.24, 2.45) is 21.3 Å². The fourth-order valence-electron chi connectivity index (χ4n) is 2.59. The maximum Gasteiger partial charge on any atom is 0.312 e. The molecule has 0 saturated heterocycles. The van der Waals surface area contributed by atoms with Crippen molar-refractivity contribution < 1.29 is 4.79 Å². The predicted molar refractivity (Wildman–Crippen MR) is 114 cm³/mol. The first kappa shape index (κ1) is 25.1. The van der Waals surface area contributed by atoms with E-state index in [1.807, 2.05) is 20.3 Å². The molecule has 0 aromatic carbocycles. The van der Waals surface area contributed by atoms with E-state index < -0.39 is 6.03 Å². The van der Waals surface area contributed by atoms with Gasteiger partial charge in [0.05, 0.1) is 0 Å². The lowest BCUT2D eigenvalue weighted by molar-refractivity contribution is 0.248. The first-order chi connectivity index (χ1) is 13.1. The van der Waals surface area contributed by atoms with Gasteiger partial charge in [-0.15, -0.1) is 5.10 Å². The molecule has 27 heavy (non-hydrogen) atoms. The number of rotatable bonds is 18. The van der Waals surface area contributed by atoms with Crippen LogP contribution in [0, 0.1) is 0 Å². The van der Waals surface area contributed by atoms with Crippen molar-refractivity contribution in [1.82, 2.24) is 10.3 Å². The van der Waals surface area contributed by atoms with E-state index in [1.165, 1.54) is 64.2 Å². The number of hydrogen-bond acceptors (Lipinski definition) is 3. The summed E-state index contributed by atoms with van der Waals surface area (Å²) in [6.07, 6.45) is 22.1. The van der Waals surface area contributed by atoms with Crippen LogP contribution in [0.4, 0.5) is 4.79 Å². The zero-order valence-electron chi connectivity index (χ0n) is 17.4. The van der Waals surface area contributed by atoms with Crippen LogP contribution in [-0.4, -0.2) is 37.9 Å². The summed E-state index contributed by atoms with van der Waals surface area (Å²) in [5.74, 6) is 0. The molecule has 0 aliphatic carbocycles. The lowest BCUT2D eigenvalue weighted by atomic mass is 10.1. The van der Waals surface area contributed by atoms with Crippen molar-refractivity contribution in [3.05, 3.63) is 12.2 Å². The molecule has 0 radical (unpaired) electrons. The lowest BCUT2D eigenvalue weighted by Crippen LogP contribution is -2.29. The van der Waals surface area contributed by atoms with E-state index in [9.17, 15) is 4.79 Å². The normalized spacial score (nSPS) is 11.8. The first-order valence-electron chi connectivity index (χ1n) is 10.4. The van der Waals surface area contributed by atoms with E-state index in [2.05, 4.69) is 33.0 Å². The van der Waals surface area contributed by atoms with Gasteiger partial charge in [0.2, 0.25) is 0 Å². The van der Waals surface area contributed by atoms with Gasteiger partial charge in [-0.1, -0.05) is 55.9 Å². The Hall–Kier alpha value is -1.92. The molecule has 0 heterocycles. The van der Waals surface area contributed by atoms with Crippen LogP contribution in [0.3, 0.4) is 0 Å². The Morgan fingerprint density at radius 2 is 1.37 bits per heavy atom. The van der Waals surface area contributed by atoms with Crippen LogP contribution < -0.4 is 11.1 Å². The summed E-state index contributed by atoms with van der Waals surface area (Å²) in [4.78, 5) is 10.5. The largest absolute Gasteiger partial charge is 0.352 e. The molecule has 0 bridgehead atoms. The van der Waals surface area contributed by atoms with E-state index in [0.717, 1.165) is 19.3 Å². The number of amides is 2. The van der Waals surface area contributed by atoms with E-state index in [-0.39, 0.29) is 0 Å². The van der Waals surface area contributed by atoms with Crippen LogP contribution in [0.5, 0.6) is 0 Å². The van der Waals surface area contributed by atoms with Crippen LogP contribution in [0.2, 0.25) is 0 Å². The van der Waals surface area contributed by atoms with Crippen LogP contribution in [0.25, 0.3) is 0 Å². The molecule has 7 heteroatoms. The average molecular weight is 381 g/mol. The standard InChI is InChI=1S/C20H40N6O/c1-26(2)25-24-23-19-17-15-13-11-9-7-5-3-4-6-8-10-12-14-16-18-22-20(21)27/h3-4,19H,5-18H2,1-2H3,(H3,21,22,27)/b4-3-,23-19?,25-24?. The topological polar surface area (TPSA) is 95.4 Å². The predicted octanol–water partition coefficient (Wildman–Crippen LogP) is 5.20. The minimum atomic E-state index is -0.422.